The van der Waals surface area contributed by atoms with Gasteiger partial charge in [-0.15, -0.1) is 0 Å². The molecule has 1 saturated heterocycles. The number of nitrogens with zero attached hydrogens (tertiary/aromatic N) is 3. The number of piperazine rings is 1. The number of benzene rings is 2. The first-order chi connectivity index (χ1) is 15.0. The Morgan fingerprint density at radius 3 is 2.19 bits per heavy atom. The van der Waals surface area contributed by atoms with Crippen molar-refractivity contribution in [3.63, 3.8) is 0 Å². The number of hydrogen-bond donors (Lipinski definition) is 0. The van der Waals surface area contributed by atoms with Gasteiger partial charge in [0.25, 0.3) is 11.6 Å². The molecule has 0 aliphatic carbocycles. The van der Waals surface area contributed by atoms with Crippen LogP contribution in [0.25, 0.3) is 0 Å². The highest BCUT2D eigenvalue weighted by molar-refractivity contribution is 7.89. The van der Waals surface area contributed by atoms with Crippen LogP contribution in [-0.2, 0) is 14.8 Å². The molecule has 0 unspecified atom stereocenters. The summed E-state index contributed by atoms with van der Waals surface area (Å²) in [7, 11) is -2.58. The number of ether oxygens (including phenoxy) is 1. The third-order valence-corrected chi connectivity index (χ3v) is 7.33. The van der Waals surface area contributed by atoms with E-state index in [1.165, 1.54) is 15.3 Å². The normalized spacial score (nSPS) is 14.8. The number of rotatable bonds is 5. The number of nitro benzene ring substituents is 1. The van der Waals surface area contributed by atoms with Gasteiger partial charge in [0, 0.05) is 43.9 Å². The number of methoxy groups -OCH3 is 1. The number of esters is 1. The van der Waals surface area contributed by atoms with Crippen molar-refractivity contribution in [2.75, 3.05) is 33.3 Å². The Bertz CT molecular complexity index is 1190. The van der Waals surface area contributed by atoms with E-state index in [-0.39, 0.29) is 42.2 Å². The van der Waals surface area contributed by atoms with E-state index in [4.69, 9.17) is 0 Å². The number of hydrogen-bond acceptors (Lipinski definition) is 7. The van der Waals surface area contributed by atoms with Gasteiger partial charge < -0.3 is 9.64 Å². The van der Waals surface area contributed by atoms with Gasteiger partial charge in [0.15, 0.2) is 0 Å². The summed E-state index contributed by atoms with van der Waals surface area (Å²) in [6, 6.07) is 8.48. The topological polar surface area (TPSA) is 127 Å². The third kappa shape index (κ3) is 4.63. The number of aryl methyl sites for hydroxylation is 2. The van der Waals surface area contributed by atoms with E-state index in [2.05, 4.69) is 4.74 Å². The molecule has 1 fully saturated rings. The van der Waals surface area contributed by atoms with Crippen LogP contribution in [0, 0.1) is 24.0 Å². The fourth-order valence-corrected chi connectivity index (χ4v) is 5.25. The molecule has 1 amide bonds. The van der Waals surface area contributed by atoms with Crippen molar-refractivity contribution in [1.82, 2.24) is 9.21 Å². The van der Waals surface area contributed by atoms with Crippen LogP contribution in [0.15, 0.2) is 41.3 Å². The Labute approximate surface area is 185 Å². The van der Waals surface area contributed by atoms with Crippen molar-refractivity contribution in [2.24, 2.45) is 0 Å². The van der Waals surface area contributed by atoms with Crippen LogP contribution < -0.4 is 0 Å². The molecule has 11 heteroatoms. The lowest BCUT2D eigenvalue weighted by Crippen LogP contribution is -2.50. The van der Waals surface area contributed by atoms with Crippen LogP contribution in [0.3, 0.4) is 0 Å². The molecule has 2 aromatic carbocycles. The summed E-state index contributed by atoms with van der Waals surface area (Å²) >= 11 is 0. The van der Waals surface area contributed by atoms with E-state index in [0.29, 0.717) is 5.56 Å². The zero-order valence-corrected chi connectivity index (χ0v) is 18.7. The summed E-state index contributed by atoms with van der Waals surface area (Å²) in [6.45, 7) is 4.01. The molecule has 1 aliphatic rings. The number of amides is 1. The minimum absolute atomic E-state index is 0.0368. The number of sulfonamides is 1. The average molecular weight is 461 g/mol. The lowest BCUT2D eigenvalue weighted by atomic mass is 10.1. The van der Waals surface area contributed by atoms with E-state index >= 15 is 0 Å². The minimum Gasteiger partial charge on any atom is -0.465 e. The van der Waals surface area contributed by atoms with E-state index in [1.807, 2.05) is 6.92 Å². The molecule has 0 N–H and O–H groups in total. The number of carbonyl (C=O) groups excluding carboxylic acids is 2. The van der Waals surface area contributed by atoms with Gasteiger partial charge in [0.1, 0.15) is 0 Å². The molecule has 1 heterocycles. The Morgan fingerprint density at radius 1 is 1.00 bits per heavy atom. The van der Waals surface area contributed by atoms with Crippen LogP contribution >= 0.6 is 0 Å². The Hall–Kier alpha value is -3.31. The molecule has 170 valence electrons. The summed E-state index contributed by atoms with van der Waals surface area (Å²) in [5.41, 5.74) is 1.05. The average Bonchev–Trinajstić information content (AvgIpc) is 2.77. The van der Waals surface area contributed by atoms with Gasteiger partial charge in [-0.1, -0.05) is 17.7 Å². The molecular weight excluding hydrogens is 438 g/mol. The predicted molar refractivity (Wildman–Crippen MR) is 115 cm³/mol. The van der Waals surface area contributed by atoms with Gasteiger partial charge in [-0.3, -0.25) is 14.9 Å². The molecule has 0 aromatic heterocycles. The van der Waals surface area contributed by atoms with Crippen molar-refractivity contribution in [3.8, 4) is 0 Å². The molecule has 0 radical (unpaired) electrons. The summed E-state index contributed by atoms with van der Waals surface area (Å²) < 4.78 is 32.0. The van der Waals surface area contributed by atoms with E-state index in [0.717, 1.165) is 24.8 Å². The predicted octanol–water partition coefficient (Wildman–Crippen LogP) is 2.14. The Balaban J connectivity index is 1.79. The molecule has 0 bridgehead atoms. The van der Waals surface area contributed by atoms with E-state index in [9.17, 15) is 28.1 Å². The standard InChI is InChI=1S/C21H23N3O7S/c1-14-4-5-19(15(2)10-14)32(29,30)23-8-6-22(7-9-23)20(25)16-11-17(21(26)31-3)13-18(12-16)24(27)28/h4-5,10-13H,6-9H2,1-3H3. The maximum Gasteiger partial charge on any atom is 0.338 e. The largest absolute Gasteiger partial charge is 0.465 e. The zero-order valence-electron chi connectivity index (χ0n) is 17.9. The Kier molecular flexibility index (Phi) is 6.60. The van der Waals surface area contributed by atoms with Crippen molar-refractivity contribution < 1.29 is 27.7 Å². The Morgan fingerprint density at radius 2 is 1.62 bits per heavy atom. The highest BCUT2D eigenvalue weighted by atomic mass is 32.2. The number of nitro groups is 1. The molecule has 10 nitrogen and oxygen atoms in total. The molecule has 32 heavy (non-hydrogen) atoms. The van der Waals surface area contributed by atoms with Crippen LogP contribution in [0.1, 0.15) is 31.8 Å². The lowest BCUT2D eigenvalue weighted by molar-refractivity contribution is -0.384. The van der Waals surface area contributed by atoms with Gasteiger partial charge in [-0.25, -0.2) is 13.2 Å². The number of carbonyl (C=O) groups is 2. The van der Waals surface area contributed by atoms with Gasteiger partial charge in [-0.2, -0.15) is 4.31 Å². The number of non-ortho nitro benzene ring substituents is 1. The minimum atomic E-state index is -3.72. The van der Waals surface area contributed by atoms with Crippen LogP contribution in [0.5, 0.6) is 0 Å². The first kappa shape index (κ1) is 23.4. The second-order valence-corrected chi connectivity index (χ2v) is 9.39. The van der Waals surface area contributed by atoms with Crippen LogP contribution in [0.4, 0.5) is 5.69 Å². The van der Waals surface area contributed by atoms with Crippen LogP contribution in [-0.4, -0.2) is 67.7 Å². The quantitative estimate of drug-likeness (QED) is 0.379. The van der Waals surface area contributed by atoms with Crippen molar-refractivity contribution in [2.45, 2.75) is 18.7 Å². The molecular formula is C21H23N3O7S. The van der Waals surface area contributed by atoms with Gasteiger partial charge in [0.05, 0.1) is 22.5 Å². The smallest absolute Gasteiger partial charge is 0.338 e. The molecule has 3 rings (SSSR count). The summed E-state index contributed by atoms with van der Waals surface area (Å²) in [5, 5.41) is 11.2. The fraction of sp³-hybridized carbons (Fsp3) is 0.333. The first-order valence-corrected chi connectivity index (χ1v) is 11.2. The van der Waals surface area contributed by atoms with Gasteiger partial charge in [0.2, 0.25) is 10.0 Å². The molecule has 2 aromatic rings. The zero-order chi connectivity index (χ0) is 23.6. The third-order valence-electron chi connectivity index (χ3n) is 5.27. The second-order valence-electron chi connectivity index (χ2n) is 7.48. The van der Waals surface area contributed by atoms with Gasteiger partial charge in [-0.05, 0) is 31.5 Å². The molecule has 0 atom stereocenters. The lowest BCUT2D eigenvalue weighted by Gasteiger charge is -2.34. The summed E-state index contributed by atoms with van der Waals surface area (Å²) in [4.78, 5) is 36.9. The van der Waals surface area contributed by atoms with Crippen LogP contribution in [0.2, 0.25) is 0 Å². The fourth-order valence-electron chi connectivity index (χ4n) is 3.62. The van der Waals surface area contributed by atoms with Gasteiger partial charge >= 0.3 is 5.97 Å². The maximum atomic E-state index is 13.0. The molecule has 0 spiro atoms. The first-order valence-electron chi connectivity index (χ1n) is 9.79. The maximum absolute atomic E-state index is 13.0. The van der Waals surface area contributed by atoms with Crippen molar-refractivity contribution in [3.05, 3.63) is 68.8 Å². The SMILES string of the molecule is COC(=O)c1cc(C(=O)N2CCN(S(=O)(=O)c3ccc(C)cc3C)CC2)cc([N+](=O)[O-])c1. The molecule has 1 aliphatic heterocycles. The summed E-state index contributed by atoms with van der Waals surface area (Å²) in [6.07, 6.45) is 0. The van der Waals surface area contributed by atoms with E-state index < -0.39 is 32.5 Å². The van der Waals surface area contributed by atoms with E-state index in [1.54, 1.807) is 25.1 Å². The second kappa shape index (κ2) is 9.05. The highest BCUT2D eigenvalue weighted by Crippen LogP contribution is 2.24. The monoisotopic (exact) mass is 461 g/mol. The van der Waals surface area contributed by atoms with Crippen molar-refractivity contribution >= 4 is 27.6 Å². The summed E-state index contributed by atoms with van der Waals surface area (Å²) in [5.74, 6) is -1.32. The van der Waals surface area contributed by atoms with Crippen molar-refractivity contribution in [1.29, 1.82) is 0 Å². The molecule has 0 saturated carbocycles. The highest BCUT2D eigenvalue weighted by Gasteiger charge is 2.32.